The van der Waals surface area contributed by atoms with Crippen molar-refractivity contribution in [1.82, 2.24) is 0 Å². The molecular formula is C6H11BrO2S. The Balaban J connectivity index is 2.60. The predicted octanol–water partition coefficient (Wildman–Crippen LogP) is 1.35. The van der Waals surface area contributed by atoms with Crippen molar-refractivity contribution in [2.75, 3.05) is 11.1 Å². The lowest BCUT2D eigenvalue weighted by Gasteiger charge is -2.04. The Morgan fingerprint density at radius 2 is 2.20 bits per heavy atom. The summed E-state index contributed by atoms with van der Waals surface area (Å²) >= 11 is 3.25. The number of halogens is 1. The average molecular weight is 227 g/mol. The van der Waals surface area contributed by atoms with Gasteiger partial charge in [-0.05, 0) is 19.3 Å². The molecule has 1 aliphatic rings. The van der Waals surface area contributed by atoms with Crippen molar-refractivity contribution in [1.29, 1.82) is 0 Å². The molecule has 0 saturated carbocycles. The maximum Gasteiger partial charge on any atom is 0.153 e. The highest BCUT2D eigenvalue weighted by Crippen LogP contribution is 2.22. The smallest absolute Gasteiger partial charge is 0.153 e. The van der Waals surface area contributed by atoms with E-state index in [9.17, 15) is 8.42 Å². The molecule has 10 heavy (non-hydrogen) atoms. The zero-order valence-corrected chi connectivity index (χ0v) is 8.12. The van der Waals surface area contributed by atoms with Gasteiger partial charge in [0.05, 0.1) is 11.0 Å². The summed E-state index contributed by atoms with van der Waals surface area (Å²) < 4.78 is 22.3. The van der Waals surface area contributed by atoms with E-state index in [0.29, 0.717) is 5.75 Å². The molecule has 1 unspecified atom stereocenters. The van der Waals surface area contributed by atoms with Crippen LogP contribution in [0.5, 0.6) is 0 Å². The van der Waals surface area contributed by atoms with Gasteiger partial charge in [0.15, 0.2) is 9.84 Å². The normalized spacial score (nSPS) is 30.7. The van der Waals surface area contributed by atoms with Crippen molar-refractivity contribution in [3.05, 3.63) is 0 Å². The van der Waals surface area contributed by atoms with Crippen LogP contribution in [0.4, 0.5) is 0 Å². The first-order chi connectivity index (χ1) is 4.67. The van der Waals surface area contributed by atoms with Gasteiger partial charge in [-0.25, -0.2) is 8.42 Å². The second-order valence-electron chi connectivity index (χ2n) is 2.61. The predicted molar refractivity (Wildman–Crippen MR) is 45.2 cm³/mol. The fraction of sp³-hybridized carbons (Fsp3) is 1.00. The maximum absolute atomic E-state index is 11.1. The van der Waals surface area contributed by atoms with Crippen LogP contribution in [-0.4, -0.2) is 24.8 Å². The number of hydrogen-bond acceptors (Lipinski definition) is 2. The summed E-state index contributed by atoms with van der Waals surface area (Å²) in [5, 5.41) is 0.753. The summed E-state index contributed by atoms with van der Waals surface area (Å²) in [5.41, 5.74) is 0. The van der Waals surface area contributed by atoms with E-state index in [1.54, 1.807) is 0 Å². The molecule has 0 aromatic carbocycles. The zero-order chi connectivity index (χ0) is 7.61. The van der Waals surface area contributed by atoms with Gasteiger partial charge < -0.3 is 0 Å². The van der Waals surface area contributed by atoms with Crippen molar-refractivity contribution in [2.45, 2.75) is 24.5 Å². The van der Waals surface area contributed by atoms with E-state index in [-0.39, 0.29) is 5.25 Å². The quantitative estimate of drug-likeness (QED) is 0.667. The summed E-state index contributed by atoms with van der Waals surface area (Å²) in [5.74, 6) is 0.407. The highest BCUT2D eigenvalue weighted by molar-refractivity contribution is 9.09. The van der Waals surface area contributed by atoms with Gasteiger partial charge in [0.2, 0.25) is 0 Å². The number of alkyl halides is 1. The summed E-state index contributed by atoms with van der Waals surface area (Å²) in [6.07, 6.45) is 2.51. The molecule has 0 amide bonds. The Bertz CT molecular complexity index is 198. The van der Waals surface area contributed by atoms with Crippen LogP contribution in [0.15, 0.2) is 0 Å². The molecule has 0 radical (unpaired) electrons. The SMILES string of the molecule is O=S1(=O)CCCC1CCBr. The third-order valence-corrected chi connectivity index (χ3v) is 4.70. The highest BCUT2D eigenvalue weighted by Gasteiger charge is 2.29. The molecule has 4 heteroatoms. The monoisotopic (exact) mass is 226 g/mol. The lowest BCUT2D eigenvalue weighted by atomic mass is 10.2. The molecule has 0 spiro atoms. The van der Waals surface area contributed by atoms with Gasteiger partial charge in [-0.1, -0.05) is 15.9 Å². The molecule has 2 nitrogen and oxygen atoms in total. The number of rotatable bonds is 2. The third kappa shape index (κ3) is 1.72. The van der Waals surface area contributed by atoms with Crippen LogP contribution in [0.1, 0.15) is 19.3 Å². The van der Waals surface area contributed by atoms with E-state index in [2.05, 4.69) is 15.9 Å². The first-order valence-electron chi connectivity index (χ1n) is 3.44. The second-order valence-corrected chi connectivity index (χ2v) is 5.80. The number of hydrogen-bond donors (Lipinski definition) is 0. The highest BCUT2D eigenvalue weighted by atomic mass is 79.9. The second kappa shape index (κ2) is 3.22. The molecule has 0 N–H and O–H groups in total. The molecular weight excluding hydrogens is 216 g/mol. The minimum atomic E-state index is -2.68. The van der Waals surface area contributed by atoms with E-state index in [4.69, 9.17) is 0 Å². The summed E-state index contributed by atoms with van der Waals surface area (Å²) in [4.78, 5) is 0. The molecule has 1 heterocycles. The molecule has 0 bridgehead atoms. The van der Waals surface area contributed by atoms with Gasteiger partial charge in [0, 0.05) is 5.33 Å². The standard InChI is InChI=1S/C6H11BrO2S/c7-4-3-6-2-1-5-10(6,8)9/h6H,1-5H2. The minimum Gasteiger partial charge on any atom is -0.229 e. The van der Waals surface area contributed by atoms with E-state index >= 15 is 0 Å². The Hall–Kier alpha value is 0.430. The Morgan fingerprint density at radius 3 is 2.60 bits per heavy atom. The van der Waals surface area contributed by atoms with Crippen LogP contribution in [-0.2, 0) is 9.84 Å². The van der Waals surface area contributed by atoms with Crippen LogP contribution < -0.4 is 0 Å². The maximum atomic E-state index is 11.1. The van der Waals surface area contributed by atoms with Gasteiger partial charge in [0.1, 0.15) is 0 Å². The van der Waals surface area contributed by atoms with Crippen molar-refractivity contribution < 1.29 is 8.42 Å². The zero-order valence-electron chi connectivity index (χ0n) is 5.72. The lowest BCUT2D eigenvalue weighted by molar-refractivity contribution is 0.587. The molecule has 60 valence electrons. The van der Waals surface area contributed by atoms with Crippen molar-refractivity contribution >= 4 is 25.8 Å². The topological polar surface area (TPSA) is 34.1 Å². The Kier molecular flexibility index (Phi) is 2.74. The fourth-order valence-electron chi connectivity index (χ4n) is 1.30. The van der Waals surface area contributed by atoms with E-state index in [1.807, 2.05) is 0 Å². The van der Waals surface area contributed by atoms with E-state index in [1.165, 1.54) is 0 Å². The summed E-state index contributed by atoms with van der Waals surface area (Å²) in [6.45, 7) is 0. The van der Waals surface area contributed by atoms with Crippen molar-refractivity contribution in [3.63, 3.8) is 0 Å². The van der Waals surface area contributed by atoms with Crippen LogP contribution in [0.25, 0.3) is 0 Å². The lowest BCUT2D eigenvalue weighted by Crippen LogP contribution is -2.15. The fourth-order valence-corrected chi connectivity index (χ4v) is 4.06. The number of sulfone groups is 1. The molecule has 1 aliphatic heterocycles. The average Bonchev–Trinajstić information content (AvgIpc) is 2.13. The minimum absolute atomic E-state index is 0.0492. The van der Waals surface area contributed by atoms with Crippen molar-refractivity contribution in [3.8, 4) is 0 Å². The van der Waals surface area contributed by atoms with Gasteiger partial charge in [-0.3, -0.25) is 0 Å². The molecule has 1 rings (SSSR count). The Morgan fingerprint density at radius 1 is 1.50 bits per heavy atom. The van der Waals surface area contributed by atoms with Crippen LogP contribution >= 0.6 is 15.9 Å². The van der Waals surface area contributed by atoms with Gasteiger partial charge in [0.25, 0.3) is 0 Å². The van der Waals surface area contributed by atoms with Crippen LogP contribution in [0.3, 0.4) is 0 Å². The molecule has 0 aromatic heterocycles. The molecule has 1 saturated heterocycles. The largest absolute Gasteiger partial charge is 0.229 e. The van der Waals surface area contributed by atoms with E-state index in [0.717, 1.165) is 24.6 Å². The van der Waals surface area contributed by atoms with Crippen LogP contribution in [0, 0.1) is 0 Å². The first-order valence-corrected chi connectivity index (χ1v) is 6.28. The molecule has 1 fully saturated rings. The third-order valence-electron chi connectivity index (χ3n) is 1.89. The van der Waals surface area contributed by atoms with Crippen molar-refractivity contribution in [2.24, 2.45) is 0 Å². The first kappa shape index (κ1) is 8.53. The molecule has 0 aromatic rings. The summed E-state index contributed by atoms with van der Waals surface area (Å²) in [7, 11) is -2.68. The van der Waals surface area contributed by atoms with Gasteiger partial charge in [-0.2, -0.15) is 0 Å². The van der Waals surface area contributed by atoms with E-state index < -0.39 is 9.84 Å². The molecule has 0 aliphatic carbocycles. The van der Waals surface area contributed by atoms with Crippen LogP contribution in [0.2, 0.25) is 0 Å². The molecule has 1 atom stereocenters. The summed E-state index contributed by atoms with van der Waals surface area (Å²) in [6, 6.07) is 0. The Labute approximate surface area is 70.1 Å². The van der Waals surface area contributed by atoms with Gasteiger partial charge >= 0.3 is 0 Å². The van der Waals surface area contributed by atoms with Gasteiger partial charge in [-0.15, -0.1) is 0 Å².